The van der Waals surface area contributed by atoms with E-state index < -0.39 is 11.9 Å². The van der Waals surface area contributed by atoms with Crippen molar-refractivity contribution in [1.82, 2.24) is 0 Å². The minimum Gasteiger partial charge on any atom is -0.496 e. The second kappa shape index (κ2) is 9.00. The van der Waals surface area contributed by atoms with Gasteiger partial charge in [0.05, 0.1) is 25.3 Å². The first-order valence-corrected chi connectivity index (χ1v) is 10.0. The maximum atomic E-state index is 12.9. The van der Waals surface area contributed by atoms with Gasteiger partial charge in [-0.2, -0.15) is 0 Å². The van der Waals surface area contributed by atoms with Crippen LogP contribution in [0.1, 0.15) is 42.2 Å². The number of methoxy groups -OCH3 is 2. The highest BCUT2D eigenvalue weighted by Crippen LogP contribution is 2.38. The number of benzene rings is 3. The minimum atomic E-state index is -0.586. The molecular formula is C26H20O7. The number of Topliss-reactive ketones (excluding diaryl/α,β-unsaturated/α-hetero) is 1. The molecule has 0 radical (unpaired) electrons. The Labute approximate surface area is 190 Å². The van der Waals surface area contributed by atoms with Gasteiger partial charge in [-0.05, 0) is 54.5 Å². The SMILES string of the molecule is COC(=O)c1ccc(/C=C2\Oc3cc(OC(=O)c4ccccc4OC)cc(C)c3C2=O)cc1. The Morgan fingerprint density at radius 2 is 1.67 bits per heavy atom. The van der Waals surface area contributed by atoms with Crippen LogP contribution in [0.5, 0.6) is 17.2 Å². The Morgan fingerprint density at radius 3 is 2.36 bits per heavy atom. The van der Waals surface area contributed by atoms with E-state index in [0.29, 0.717) is 33.8 Å². The lowest BCUT2D eigenvalue weighted by Crippen LogP contribution is -2.10. The summed E-state index contributed by atoms with van der Waals surface area (Å²) in [7, 11) is 2.78. The third kappa shape index (κ3) is 4.34. The number of carbonyl (C=O) groups excluding carboxylic acids is 3. The highest BCUT2D eigenvalue weighted by atomic mass is 16.5. The number of esters is 2. The van der Waals surface area contributed by atoms with Crippen LogP contribution in [0.15, 0.2) is 66.4 Å². The number of ether oxygens (including phenoxy) is 4. The topological polar surface area (TPSA) is 88.1 Å². The molecule has 0 N–H and O–H groups in total. The molecule has 1 aliphatic heterocycles. The number of hydrogen-bond acceptors (Lipinski definition) is 7. The smallest absolute Gasteiger partial charge is 0.347 e. The van der Waals surface area contributed by atoms with E-state index in [1.54, 1.807) is 67.6 Å². The Bertz CT molecular complexity index is 1290. The Balaban J connectivity index is 1.57. The van der Waals surface area contributed by atoms with Crippen molar-refractivity contribution in [1.29, 1.82) is 0 Å². The Morgan fingerprint density at radius 1 is 0.939 bits per heavy atom. The fourth-order valence-electron chi connectivity index (χ4n) is 3.50. The largest absolute Gasteiger partial charge is 0.496 e. The first kappa shape index (κ1) is 21.8. The van der Waals surface area contributed by atoms with E-state index in [-0.39, 0.29) is 22.9 Å². The summed E-state index contributed by atoms with van der Waals surface area (Å²) < 4.78 is 21.2. The maximum absolute atomic E-state index is 12.9. The summed E-state index contributed by atoms with van der Waals surface area (Å²) in [5.41, 5.74) is 2.39. The average Bonchev–Trinajstić information content (AvgIpc) is 3.14. The van der Waals surface area contributed by atoms with Crippen LogP contribution in [0.3, 0.4) is 0 Å². The number of rotatable bonds is 5. The number of para-hydroxylation sites is 1. The van der Waals surface area contributed by atoms with Crippen molar-refractivity contribution in [2.75, 3.05) is 14.2 Å². The molecule has 0 saturated carbocycles. The van der Waals surface area contributed by atoms with Gasteiger partial charge >= 0.3 is 11.9 Å². The molecule has 0 aromatic heterocycles. The lowest BCUT2D eigenvalue weighted by atomic mass is 10.0. The van der Waals surface area contributed by atoms with Crippen LogP contribution in [0.25, 0.3) is 6.08 Å². The third-order valence-electron chi connectivity index (χ3n) is 5.11. The van der Waals surface area contributed by atoms with Gasteiger partial charge in [0.25, 0.3) is 0 Å². The van der Waals surface area contributed by atoms with Crippen molar-refractivity contribution < 1.29 is 33.3 Å². The standard InChI is InChI=1S/C26H20O7/c1-15-12-18(32-26(29)19-6-4-5-7-20(19)30-2)14-21-23(15)24(27)22(33-21)13-16-8-10-17(11-9-16)25(28)31-3/h4-14H,1-3H3/b22-13-. The first-order chi connectivity index (χ1) is 15.9. The zero-order valence-corrected chi connectivity index (χ0v) is 18.2. The van der Waals surface area contributed by atoms with Gasteiger partial charge in [-0.25, -0.2) is 9.59 Å². The zero-order valence-electron chi connectivity index (χ0n) is 18.2. The molecule has 1 aliphatic rings. The Hall–Kier alpha value is -4.39. The molecule has 7 nitrogen and oxygen atoms in total. The molecule has 0 unspecified atom stereocenters. The van der Waals surface area contributed by atoms with Gasteiger partial charge < -0.3 is 18.9 Å². The quantitative estimate of drug-likeness (QED) is 0.322. The van der Waals surface area contributed by atoms with Crippen LogP contribution in [0, 0.1) is 6.92 Å². The van der Waals surface area contributed by atoms with Crippen molar-refractivity contribution >= 4 is 23.8 Å². The Kier molecular flexibility index (Phi) is 5.95. The predicted octanol–water partition coefficient (Wildman–Crippen LogP) is 4.63. The van der Waals surface area contributed by atoms with Crippen LogP contribution in [0.2, 0.25) is 0 Å². The summed E-state index contributed by atoms with van der Waals surface area (Å²) in [6.45, 7) is 1.74. The molecule has 1 heterocycles. The van der Waals surface area contributed by atoms with Crippen molar-refractivity contribution in [2.24, 2.45) is 0 Å². The van der Waals surface area contributed by atoms with E-state index in [0.717, 1.165) is 0 Å². The summed E-state index contributed by atoms with van der Waals surface area (Å²) in [5.74, 6) is -0.221. The molecule has 7 heteroatoms. The second-order valence-electron chi connectivity index (χ2n) is 7.26. The fraction of sp³-hybridized carbons (Fsp3) is 0.115. The molecular weight excluding hydrogens is 424 g/mol. The van der Waals surface area contributed by atoms with Crippen LogP contribution < -0.4 is 14.2 Å². The zero-order chi connectivity index (χ0) is 23.5. The molecule has 33 heavy (non-hydrogen) atoms. The third-order valence-corrected chi connectivity index (χ3v) is 5.11. The molecule has 0 fully saturated rings. The molecule has 0 spiro atoms. The summed E-state index contributed by atoms with van der Waals surface area (Å²) in [5, 5.41) is 0. The lowest BCUT2D eigenvalue weighted by molar-refractivity contribution is 0.0600. The summed E-state index contributed by atoms with van der Waals surface area (Å²) in [6.07, 6.45) is 1.59. The fourth-order valence-corrected chi connectivity index (χ4v) is 3.50. The van der Waals surface area contributed by atoms with Crippen LogP contribution in [0.4, 0.5) is 0 Å². The van der Waals surface area contributed by atoms with Crippen LogP contribution >= 0.6 is 0 Å². The van der Waals surface area contributed by atoms with Gasteiger partial charge in [0.2, 0.25) is 5.78 Å². The van der Waals surface area contributed by atoms with Gasteiger partial charge in [0.15, 0.2) is 5.76 Å². The van der Waals surface area contributed by atoms with Crippen LogP contribution in [-0.2, 0) is 4.74 Å². The highest BCUT2D eigenvalue weighted by Gasteiger charge is 2.30. The lowest BCUT2D eigenvalue weighted by Gasteiger charge is -2.10. The molecule has 4 rings (SSSR count). The highest BCUT2D eigenvalue weighted by molar-refractivity contribution is 6.15. The van der Waals surface area contributed by atoms with E-state index >= 15 is 0 Å². The van der Waals surface area contributed by atoms with Crippen molar-refractivity contribution in [3.8, 4) is 17.2 Å². The molecule has 0 bridgehead atoms. The maximum Gasteiger partial charge on any atom is 0.347 e. The summed E-state index contributed by atoms with van der Waals surface area (Å²) >= 11 is 0. The number of carbonyl (C=O) groups is 3. The van der Waals surface area contributed by atoms with Gasteiger partial charge in [-0.3, -0.25) is 4.79 Å². The van der Waals surface area contributed by atoms with Crippen molar-refractivity contribution in [3.63, 3.8) is 0 Å². The minimum absolute atomic E-state index is 0.132. The van der Waals surface area contributed by atoms with Gasteiger partial charge in [0, 0.05) is 6.07 Å². The number of hydrogen-bond donors (Lipinski definition) is 0. The van der Waals surface area contributed by atoms with E-state index in [1.165, 1.54) is 20.3 Å². The van der Waals surface area contributed by atoms with Gasteiger partial charge in [-0.15, -0.1) is 0 Å². The van der Waals surface area contributed by atoms with Crippen LogP contribution in [-0.4, -0.2) is 31.9 Å². The molecule has 3 aromatic rings. The number of aryl methyl sites for hydroxylation is 1. The van der Waals surface area contributed by atoms with Gasteiger partial charge in [-0.1, -0.05) is 24.3 Å². The first-order valence-electron chi connectivity index (χ1n) is 10.0. The van der Waals surface area contributed by atoms with E-state index in [4.69, 9.17) is 14.2 Å². The molecule has 3 aromatic carbocycles. The summed E-state index contributed by atoms with van der Waals surface area (Å²) in [4.78, 5) is 37.1. The average molecular weight is 444 g/mol. The van der Waals surface area contributed by atoms with Crippen molar-refractivity contribution in [3.05, 3.63) is 94.2 Å². The molecule has 0 aliphatic carbocycles. The molecule has 0 saturated heterocycles. The van der Waals surface area contributed by atoms with E-state index in [2.05, 4.69) is 4.74 Å². The number of ketones is 1. The summed E-state index contributed by atoms with van der Waals surface area (Å²) in [6, 6.07) is 16.4. The van der Waals surface area contributed by atoms with Gasteiger partial charge in [0.1, 0.15) is 22.8 Å². The molecule has 0 atom stereocenters. The monoisotopic (exact) mass is 444 g/mol. The molecule has 166 valence electrons. The van der Waals surface area contributed by atoms with Crippen molar-refractivity contribution in [2.45, 2.75) is 6.92 Å². The normalized spacial score (nSPS) is 13.3. The van der Waals surface area contributed by atoms with E-state index in [9.17, 15) is 14.4 Å². The second-order valence-corrected chi connectivity index (χ2v) is 7.26. The number of fused-ring (bicyclic) bond motifs is 1. The predicted molar refractivity (Wildman–Crippen MR) is 120 cm³/mol. The molecule has 0 amide bonds. The van der Waals surface area contributed by atoms with E-state index in [1.807, 2.05) is 0 Å². The number of allylic oxidation sites excluding steroid dienone is 1.